The number of ether oxygens (including phenoxy) is 1. The Balaban J connectivity index is 3.00. The molecular formula is C20H39NO5. The average Bonchev–Trinajstić information content (AvgIpc) is 2.55. The van der Waals surface area contributed by atoms with E-state index in [4.69, 9.17) is 4.74 Å². The maximum Gasteiger partial charge on any atom is 0.309 e. The highest BCUT2D eigenvalue weighted by atomic mass is 16.6. The summed E-state index contributed by atoms with van der Waals surface area (Å²) in [6, 6.07) is -0.288. The minimum atomic E-state index is -1.13. The third-order valence-electron chi connectivity index (χ3n) is 5.76. The molecule has 0 saturated carbocycles. The van der Waals surface area contributed by atoms with E-state index in [-0.39, 0.29) is 23.8 Å². The molecule has 0 aromatic heterocycles. The van der Waals surface area contributed by atoms with E-state index < -0.39 is 23.9 Å². The van der Waals surface area contributed by atoms with E-state index in [2.05, 4.69) is 0 Å². The van der Waals surface area contributed by atoms with Crippen LogP contribution in [0.5, 0.6) is 0 Å². The number of carbonyl (C=O) groups is 1. The summed E-state index contributed by atoms with van der Waals surface area (Å²) < 4.78 is 5.52. The van der Waals surface area contributed by atoms with Crippen LogP contribution < -0.4 is 0 Å². The van der Waals surface area contributed by atoms with Gasteiger partial charge in [-0.1, -0.05) is 20.8 Å². The number of aliphatic hydroxyl groups is 3. The van der Waals surface area contributed by atoms with Crippen molar-refractivity contribution in [1.82, 2.24) is 4.90 Å². The van der Waals surface area contributed by atoms with Gasteiger partial charge in [-0.3, -0.25) is 4.79 Å². The molecule has 0 aliphatic carbocycles. The van der Waals surface area contributed by atoms with E-state index in [1.54, 1.807) is 0 Å². The molecule has 154 valence electrons. The van der Waals surface area contributed by atoms with Gasteiger partial charge in [0.2, 0.25) is 0 Å². The molecule has 0 spiro atoms. The molecule has 26 heavy (non-hydrogen) atoms. The van der Waals surface area contributed by atoms with Crippen LogP contribution >= 0.6 is 0 Å². The number of likely N-dealkylation sites (N-methyl/N-ethyl adjacent to an activating group) is 1. The highest BCUT2D eigenvalue weighted by Crippen LogP contribution is 2.28. The minimum absolute atomic E-state index is 0.185. The third kappa shape index (κ3) is 6.80. The molecule has 6 nitrogen and oxygen atoms in total. The molecular weight excluding hydrogens is 334 g/mol. The SMILES string of the molecule is CCC1OC(=O)[C@H](C)CC(C)C[C@](C)(O)CCCN(C)[C@H](C)[C@@H](O)[C@@H]1O. The average molecular weight is 374 g/mol. The monoisotopic (exact) mass is 373 g/mol. The molecule has 0 aromatic carbocycles. The maximum absolute atomic E-state index is 12.4. The van der Waals surface area contributed by atoms with Gasteiger partial charge in [0.1, 0.15) is 12.2 Å². The van der Waals surface area contributed by atoms with Crippen molar-refractivity contribution >= 4 is 5.97 Å². The predicted molar refractivity (Wildman–Crippen MR) is 102 cm³/mol. The van der Waals surface area contributed by atoms with Crippen molar-refractivity contribution in [3.8, 4) is 0 Å². The normalized spacial score (nSPS) is 42.6. The van der Waals surface area contributed by atoms with Gasteiger partial charge in [-0.25, -0.2) is 0 Å². The van der Waals surface area contributed by atoms with Crippen LogP contribution in [0.4, 0.5) is 0 Å². The van der Waals surface area contributed by atoms with Gasteiger partial charge in [0.25, 0.3) is 0 Å². The molecule has 1 aliphatic heterocycles. The van der Waals surface area contributed by atoms with E-state index in [1.165, 1.54) is 0 Å². The fourth-order valence-electron chi connectivity index (χ4n) is 3.97. The van der Waals surface area contributed by atoms with Crippen molar-refractivity contribution in [3.05, 3.63) is 0 Å². The number of hydrogen-bond donors (Lipinski definition) is 3. The molecule has 0 bridgehead atoms. The lowest BCUT2D eigenvalue weighted by Crippen LogP contribution is -2.50. The molecule has 1 heterocycles. The van der Waals surface area contributed by atoms with Crippen LogP contribution in [-0.2, 0) is 9.53 Å². The van der Waals surface area contributed by atoms with Crippen molar-refractivity contribution in [2.75, 3.05) is 13.6 Å². The summed E-state index contributed by atoms with van der Waals surface area (Å²) in [5.41, 5.74) is -0.780. The second kappa shape index (κ2) is 10.0. The fraction of sp³-hybridized carbons (Fsp3) is 0.950. The first kappa shape index (κ1) is 23.3. The highest BCUT2D eigenvalue weighted by Gasteiger charge is 2.35. The molecule has 1 fully saturated rings. The minimum Gasteiger partial charge on any atom is -0.459 e. The topological polar surface area (TPSA) is 90.2 Å². The Morgan fingerprint density at radius 3 is 2.42 bits per heavy atom. The molecule has 0 aromatic rings. The van der Waals surface area contributed by atoms with Gasteiger partial charge < -0.3 is 25.0 Å². The quantitative estimate of drug-likeness (QED) is 0.609. The number of carbonyl (C=O) groups excluding carboxylic acids is 1. The molecule has 0 radical (unpaired) electrons. The van der Waals surface area contributed by atoms with Crippen LogP contribution in [0.3, 0.4) is 0 Å². The van der Waals surface area contributed by atoms with Gasteiger partial charge in [0, 0.05) is 6.04 Å². The van der Waals surface area contributed by atoms with Crippen LogP contribution in [0.1, 0.15) is 66.7 Å². The highest BCUT2D eigenvalue weighted by molar-refractivity contribution is 5.72. The number of aliphatic hydroxyl groups excluding tert-OH is 2. The van der Waals surface area contributed by atoms with E-state index in [0.717, 1.165) is 6.42 Å². The van der Waals surface area contributed by atoms with E-state index in [0.29, 0.717) is 32.2 Å². The standard InChI is InChI=1S/C20H39NO5/c1-7-16-18(23)17(22)15(4)21(6)10-8-9-20(5,25)12-13(2)11-14(3)19(24)26-16/h13-18,22-23,25H,7-12H2,1-6H3/t13?,14-,15-,16?,17-,18-,20-/m1/s1. The molecule has 0 amide bonds. The van der Waals surface area contributed by atoms with Crippen LogP contribution in [0.2, 0.25) is 0 Å². The summed E-state index contributed by atoms with van der Waals surface area (Å²) in [6.07, 6.45) is 0.287. The third-order valence-corrected chi connectivity index (χ3v) is 5.76. The Hall–Kier alpha value is -0.690. The van der Waals surface area contributed by atoms with Crippen LogP contribution in [0.15, 0.2) is 0 Å². The first-order chi connectivity index (χ1) is 12.0. The second-order valence-corrected chi connectivity index (χ2v) is 8.63. The molecule has 6 heteroatoms. The Morgan fingerprint density at radius 2 is 1.85 bits per heavy atom. The molecule has 1 saturated heterocycles. The van der Waals surface area contributed by atoms with Crippen molar-refractivity contribution in [2.24, 2.45) is 11.8 Å². The zero-order valence-corrected chi connectivity index (χ0v) is 17.3. The predicted octanol–water partition coefficient (Wildman–Crippen LogP) is 1.95. The number of cyclic esters (lactones) is 1. The summed E-state index contributed by atoms with van der Waals surface area (Å²) in [6.45, 7) is 10.1. The van der Waals surface area contributed by atoms with Gasteiger partial charge in [0.05, 0.1) is 17.6 Å². The molecule has 1 rings (SSSR count). The molecule has 7 atom stereocenters. The molecule has 2 unspecified atom stereocenters. The molecule has 1 aliphatic rings. The summed E-state index contributed by atoms with van der Waals surface area (Å²) in [4.78, 5) is 14.4. The molecule has 3 N–H and O–H groups in total. The van der Waals surface area contributed by atoms with Crippen molar-refractivity contribution in [1.29, 1.82) is 0 Å². The van der Waals surface area contributed by atoms with E-state index in [1.807, 2.05) is 46.6 Å². The number of nitrogens with zero attached hydrogens (tertiary/aromatic N) is 1. The lowest BCUT2D eigenvalue weighted by Gasteiger charge is -2.34. The Labute approximate surface area is 158 Å². The van der Waals surface area contributed by atoms with Gasteiger partial charge in [-0.05, 0) is 65.5 Å². The summed E-state index contributed by atoms with van der Waals surface area (Å²) in [7, 11) is 1.89. The lowest BCUT2D eigenvalue weighted by molar-refractivity contribution is -0.167. The Kier molecular flexibility index (Phi) is 9.00. The number of hydrogen-bond acceptors (Lipinski definition) is 6. The van der Waals surface area contributed by atoms with E-state index >= 15 is 0 Å². The van der Waals surface area contributed by atoms with Crippen molar-refractivity contribution in [2.45, 2.75) is 96.7 Å². The van der Waals surface area contributed by atoms with Crippen molar-refractivity contribution < 1.29 is 24.9 Å². The fourth-order valence-corrected chi connectivity index (χ4v) is 3.97. The summed E-state index contributed by atoms with van der Waals surface area (Å²) >= 11 is 0. The smallest absolute Gasteiger partial charge is 0.309 e. The van der Waals surface area contributed by atoms with Crippen LogP contribution in [0.25, 0.3) is 0 Å². The zero-order valence-electron chi connectivity index (χ0n) is 17.3. The maximum atomic E-state index is 12.4. The number of esters is 1. The summed E-state index contributed by atoms with van der Waals surface area (Å²) in [5, 5.41) is 31.7. The van der Waals surface area contributed by atoms with E-state index in [9.17, 15) is 20.1 Å². The second-order valence-electron chi connectivity index (χ2n) is 8.63. The van der Waals surface area contributed by atoms with Gasteiger partial charge in [0.15, 0.2) is 0 Å². The van der Waals surface area contributed by atoms with Gasteiger partial charge >= 0.3 is 5.97 Å². The van der Waals surface area contributed by atoms with Crippen LogP contribution in [-0.4, -0.2) is 69.7 Å². The lowest BCUT2D eigenvalue weighted by atomic mass is 9.85. The van der Waals surface area contributed by atoms with Gasteiger partial charge in [-0.15, -0.1) is 0 Å². The number of rotatable bonds is 1. The first-order valence-electron chi connectivity index (χ1n) is 9.97. The largest absolute Gasteiger partial charge is 0.459 e. The summed E-state index contributed by atoms with van der Waals surface area (Å²) in [5.74, 6) is -0.486. The Morgan fingerprint density at radius 1 is 1.23 bits per heavy atom. The van der Waals surface area contributed by atoms with Crippen molar-refractivity contribution in [3.63, 3.8) is 0 Å². The zero-order chi connectivity index (χ0) is 20.1. The van der Waals surface area contributed by atoms with Gasteiger partial charge in [-0.2, -0.15) is 0 Å². The Bertz CT molecular complexity index is 442. The van der Waals surface area contributed by atoms with Crippen LogP contribution in [0, 0.1) is 11.8 Å². The first-order valence-corrected chi connectivity index (χ1v) is 9.97.